The summed E-state index contributed by atoms with van der Waals surface area (Å²) >= 11 is 0. The fraction of sp³-hybridized carbons (Fsp3) is 0.370. The zero-order valence-corrected chi connectivity index (χ0v) is 18.9. The van der Waals surface area contributed by atoms with Gasteiger partial charge in [0.2, 0.25) is 0 Å². The van der Waals surface area contributed by atoms with Crippen LogP contribution in [0.25, 0.3) is 5.57 Å². The molecule has 0 aliphatic heterocycles. The first kappa shape index (κ1) is 23.4. The Bertz CT molecular complexity index is 894. The normalized spacial score (nSPS) is 11.7. The summed E-state index contributed by atoms with van der Waals surface area (Å²) in [5.74, 6) is 6.37. The number of hydrogen-bond acceptors (Lipinski definition) is 3. The summed E-state index contributed by atoms with van der Waals surface area (Å²) < 4.78 is 5.40. The monoisotopic (exact) mass is 403 g/mol. The Morgan fingerprint density at radius 2 is 1.73 bits per heavy atom. The first-order valence-electron chi connectivity index (χ1n) is 10.5. The minimum atomic E-state index is -0.471. The Morgan fingerprint density at radius 3 is 2.33 bits per heavy atom. The number of nitrogens with zero attached hydrogens (tertiary/aromatic N) is 1. The number of allylic oxidation sites excluding steroid dienone is 1. The van der Waals surface area contributed by atoms with Gasteiger partial charge in [0.05, 0.1) is 6.54 Å². The van der Waals surface area contributed by atoms with Crippen molar-refractivity contribution in [2.75, 3.05) is 20.1 Å². The van der Waals surface area contributed by atoms with Crippen molar-refractivity contribution in [2.24, 2.45) is 0 Å². The smallest absolute Gasteiger partial charge is 0.320 e. The van der Waals surface area contributed by atoms with E-state index in [9.17, 15) is 4.79 Å². The van der Waals surface area contributed by atoms with Crippen molar-refractivity contribution in [3.63, 3.8) is 0 Å². The molecule has 0 aliphatic rings. The quantitative estimate of drug-likeness (QED) is 0.461. The molecule has 0 saturated heterocycles. The lowest BCUT2D eigenvalue weighted by Gasteiger charge is -2.22. The number of carbonyl (C=O) groups excluding carboxylic acids is 1. The summed E-state index contributed by atoms with van der Waals surface area (Å²) in [5, 5.41) is 0. The molecule has 0 radical (unpaired) electrons. The number of esters is 1. The van der Waals surface area contributed by atoms with Crippen LogP contribution in [0.15, 0.2) is 60.7 Å². The highest BCUT2D eigenvalue weighted by Gasteiger charge is 2.17. The van der Waals surface area contributed by atoms with Crippen molar-refractivity contribution in [1.29, 1.82) is 0 Å². The highest BCUT2D eigenvalue weighted by molar-refractivity contribution is 5.79. The lowest BCUT2D eigenvalue weighted by molar-refractivity contribution is -0.155. The zero-order chi connectivity index (χ0) is 22.0. The number of aryl methyl sites for hydroxylation is 1. The van der Waals surface area contributed by atoms with Crippen LogP contribution in [0.3, 0.4) is 0 Å². The summed E-state index contributed by atoms with van der Waals surface area (Å²) in [6, 6.07) is 18.6. The molecule has 0 heterocycles. The molecule has 3 heteroatoms. The second kappa shape index (κ2) is 11.4. The molecule has 30 heavy (non-hydrogen) atoms. The molecular formula is C27H33NO2. The fourth-order valence-electron chi connectivity index (χ4n) is 2.95. The second-order valence-corrected chi connectivity index (χ2v) is 8.46. The Balaban J connectivity index is 2.13. The molecule has 0 unspecified atom stereocenters. The maximum absolute atomic E-state index is 12.1. The van der Waals surface area contributed by atoms with Gasteiger partial charge >= 0.3 is 5.97 Å². The molecule has 0 atom stereocenters. The highest BCUT2D eigenvalue weighted by atomic mass is 16.6. The molecule has 2 aromatic carbocycles. The maximum Gasteiger partial charge on any atom is 0.320 e. The second-order valence-electron chi connectivity index (χ2n) is 8.46. The van der Waals surface area contributed by atoms with E-state index < -0.39 is 5.60 Å². The topological polar surface area (TPSA) is 29.5 Å². The van der Waals surface area contributed by atoms with Crippen molar-refractivity contribution < 1.29 is 9.53 Å². The van der Waals surface area contributed by atoms with Gasteiger partial charge < -0.3 is 4.74 Å². The van der Waals surface area contributed by atoms with E-state index in [1.54, 1.807) is 0 Å². The third-order valence-electron chi connectivity index (χ3n) is 4.35. The van der Waals surface area contributed by atoms with Crippen molar-refractivity contribution in [2.45, 2.75) is 46.1 Å². The molecule has 2 rings (SSSR count). The van der Waals surface area contributed by atoms with Gasteiger partial charge in [-0.15, -0.1) is 0 Å². The summed E-state index contributed by atoms with van der Waals surface area (Å²) in [5.41, 5.74) is 3.88. The predicted molar refractivity (Wildman–Crippen MR) is 125 cm³/mol. The summed E-state index contributed by atoms with van der Waals surface area (Å²) in [6.45, 7) is 8.66. The van der Waals surface area contributed by atoms with Crippen LogP contribution in [-0.4, -0.2) is 36.6 Å². The van der Waals surface area contributed by atoms with Gasteiger partial charge in [-0.05, 0) is 57.5 Å². The molecule has 0 N–H and O–H groups in total. The summed E-state index contributed by atoms with van der Waals surface area (Å²) in [7, 11) is 1.91. The lowest BCUT2D eigenvalue weighted by Crippen LogP contribution is -2.32. The SMILES string of the molecule is CCCc1ccc(C#CC(=CCN(C)CC(=O)OC(C)(C)C)c2ccccc2)cc1. The van der Waals surface area contributed by atoms with E-state index in [1.807, 2.05) is 50.9 Å². The number of benzene rings is 2. The molecular weight excluding hydrogens is 370 g/mol. The molecule has 0 bridgehead atoms. The third kappa shape index (κ3) is 8.68. The number of rotatable bonds is 7. The van der Waals surface area contributed by atoms with Crippen molar-refractivity contribution in [3.05, 3.63) is 77.4 Å². The van der Waals surface area contributed by atoms with E-state index in [0.717, 1.165) is 29.5 Å². The summed E-state index contributed by atoms with van der Waals surface area (Å²) in [4.78, 5) is 14.0. The number of carbonyl (C=O) groups is 1. The van der Waals surface area contributed by atoms with Gasteiger partial charge in [0.15, 0.2) is 0 Å². The number of likely N-dealkylation sites (N-methyl/N-ethyl adjacent to an activating group) is 1. The van der Waals surface area contributed by atoms with E-state index in [-0.39, 0.29) is 12.5 Å². The van der Waals surface area contributed by atoms with Gasteiger partial charge in [-0.2, -0.15) is 0 Å². The maximum atomic E-state index is 12.1. The van der Waals surface area contributed by atoms with E-state index in [2.05, 4.69) is 61.2 Å². The van der Waals surface area contributed by atoms with Crippen LogP contribution in [0.5, 0.6) is 0 Å². The highest BCUT2D eigenvalue weighted by Crippen LogP contribution is 2.14. The lowest BCUT2D eigenvalue weighted by atomic mass is 10.0. The molecule has 0 amide bonds. The third-order valence-corrected chi connectivity index (χ3v) is 4.35. The first-order chi connectivity index (χ1) is 14.3. The molecule has 2 aromatic rings. The molecule has 0 fully saturated rings. The molecule has 158 valence electrons. The molecule has 3 nitrogen and oxygen atoms in total. The van der Waals surface area contributed by atoms with Crippen LogP contribution in [0, 0.1) is 11.8 Å². The average molecular weight is 404 g/mol. The zero-order valence-electron chi connectivity index (χ0n) is 18.9. The van der Waals surface area contributed by atoms with Crippen LogP contribution in [0.2, 0.25) is 0 Å². The Kier molecular flexibility index (Phi) is 8.89. The van der Waals surface area contributed by atoms with Gasteiger partial charge in [0.1, 0.15) is 5.60 Å². The van der Waals surface area contributed by atoms with Gasteiger partial charge in [-0.25, -0.2) is 0 Å². The Hall–Kier alpha value is -2.83. The van der Waals surface area contributed by atoms with Crippen LogP contribution in [0.4, 0.5) is 0 Å². The van der Waals surface area contributed by atoms with Gasteiger partial charge in [-0.1, -0.05) is 73.7 Å². The summed E-state index contributed by atoms with van der Waals surface area (Å²) in [6.07, 6.45) is 4.30. The van der Waals surface area contributed by atoms with Gasteiger partial charge in [-0.3, -0.25) is 9.69 Å². The van der Waals surface area contributed by atoms with Crippen molar-refractivity contribution in [3.8, 4) is 11.8 Å². The van der Waals surface area contributed by atoms with Gasteiger partial charge in [0, 0.05) is 17.7 Å². The molecule has 0 spiro atoms. The van der Waals surface area contributed by atoms with Crippen LogP contribution in [0.1, 0.15) is 50.8 Å². The Labute approximate surface area is 181 Å². The predicted octanol–water partition coefficient (Wildman–Crippen LogP) is 5.35. The average Bonchev–Trinajstić information content (AvgIpc) is 2.68. The largest absolute Gasteiger partial charge is 0.459 e. The van der Waals surface area contributed by atoms with Crippen molar-refractivity contribution >= 4 is 11.5 Å². The van der Waals surface area contributed by atoms with E-state index in [0.29, 0.717) is 6.54 Å². The van der Waals surface area contributed by atoms with Gasteiger partial charge in [0.25, 0.3) is 0 Å². The number of hydrogen-bond donors (Lipinski definition) is 0. The minimum Gasteiger partial charge on any atom is -0.459 e. The molecule has 0 aliphatic carbocycles. The fourth-order valence-corrected chi connectivity index (χ4v) is 2.95. The number of ether oxygens (including phenoxy) is 1. The van der Waals surface area contributed by atoms with Crippen molar-refractivity contribution in [1.82, 2.24) is 4.90 Å². The van der Waals surface area contributed by atoms with Crippen LogP contribution < -0.4 is 0 Å². The minimum absolute atomic E-state index is 0.224. The molecule has 0 aromatic heterocycles. The van der Waals surface area contributed by atoms with E-state index >= 15 is 0 Å². The van der Waals surface area contributed by atoms with Crippen LogP contribution >= 0.6 is 0 Å². The van der Waals surface area contributed by atoms with Crippen LogP contribution in [-0.2, 0) is 16.0 Å². The molecule has 0 saturated carbocycles. The standard InChI is InChI=1S/C27H33NO2/c1-6-10-22-13-15-23(16-14-22)17-18-25(24-11-8-7-9-12-24)19-20-28(5)21-26(29)30-27(2,3)4/h7-9,11-16,19H,6,10,20-21H2,1-5H3. The Morgan fingerprint density at radius 1 is 1.07 bits per heavy atom. The first-order valence-corrected chi connectivity index (χ1v) is 10.5. The van der Waals surface area contributed by atoms with E-state index in [1.165, 1.54) is 5.56 Å². The van der Waals surface area contributed by atoms with E-state index in [4.69, 9.17) is 4.74 Å².